The Morgan fingerprint density at radius 3 is 2.68 bits per heavy atom. The van der Waals surface area contributed by atoms with Crippen LogP contribution in [0.1, 0.15) is 12.5 Å². The van der Waals surface area contributed by atoms with Gasteiger partial charge in [0.2, 0.25) is 5.95 Å². The normalized spacial score (nSPS) is 15.9. The smallest absolute Gasteiger partial charge is 0.215 e. The molecule has 4 rings (SSSR count). The van der Waals surface area contributed by atoms with Crippen LogP contribution in [-0.4, -0.2) is 52.6 Å². The Bertz CT molecular complexity index is 902. The molecule has 4 heterocycles. The summed E-state index contributed by atoms with van der Waals surface area (Å²) in [5.74, 6) is 0.550. The Morgan fingerprint density at radius 2 is 1.96 bits per heavy atom. The number of pyridine rings is 1. The van der Waals surface area contributed by atoms with Crippen molar-refractivity contribution in [3.63, 3.8) is 0 Å². The van der Waals surface area contributed by atoms with Gasteiger partial charge in [-0.05, 0) is 19.5 Å². The second kappa shape index (κ2) is 6.65. The number of hydrogen-bond acceptors (Lipinski definition) is 6. The van der Waals surface area contributed by atoms with E-state index in [-0.39, 0.29) is 0 Å². The quantitative estimate of drug-likeness (QED) is 0.673. The number of halogens is 1. The lowest BCUT2D eigenvalue weighted by Gasteiger charge is -2.35. The van der Waals surface area contributed by atoms with Gasteiger partial charge in [-0.1, -0.05) is 6.92 Å². The molecule has 25 heavy (non-hydrogen) atoms. The summed E-state index contributed by atoms with van der Waals surface area (Å²) in [6.07, 6.45) is 3.23. The van der Waals surface area contributed by atoms with Crippen molar-refractivity contribution in [2.75, 3.05) is 37.6 Å². The summed E-state index contributed by atoms with van der Waals surface area (Å²) < 4.78 is 13.5. The molecular weight excluding hydrogens is 337 g/mol. The number of nitrogens with zero attached hydrogens (tertiary/aromatic N) is 5. The number of anilines is 1. The van der Waals surface area contributed by atoms with E-state index in [1.54, 1.807) is 30.8 Å². The first kappa shape index (κ1) is 16.4. The summed E-state index contributed by atoms with van der Waals surface area (Å²) in [5, 5.41) is 3.12. The van der Waals surface area contributed by atoms with Crippen molar-refractivity contribution in [3.05, 3.63) is 35.5 Å². The molecule has 0 spiro atoms. The number of likely N-dealkylation sites (N-methyl/N-ethyl adjacent to an activating group) is 1. The molecule has 1 saturated heterocycles. The number of hydrogen-bond donors (Lipinski definition) is 0. The number of aromatic nitrogens is 3. The van der Waals surface area contributed by atoms with Crippen LogP contribution in [0.4, 0.5) is 10.2 Å². The number of fused-ring (bicyclic) bond motifs is 1. The predicted octanol–water partition coefficient (Wildman–Crippen LogP) is 3.34. The fraction of sp³-hybridized carbons (Fsp3) is 0.389. The van der Waals surface area contributed by atoms with E-state index in [2.05, 4.69) is 37.1 Å². The van der Waals surface area contributed by atoms with Crippen molar-refractivity contribution >= 4 is 27.4 Å². The minimum absolute atomic E-state index is 0.421. The van der Waals surface area contributed by atoms with Crippen LogP contribution < -0.4 is 4.90 Å². The van der Waals surface area contributed by atoms with Crippen LogP contribution in [0.2, 0.25) is 0 Å². The van der Waals surface area contributed by atoms with Gasteiger partial charge in [-0.25, -0.2) is 15.0 Å². The summed E-state index contributed by atoms with van der Waals surface area (Å²) >= 11 is 1.59. The third-order valence-corrected chi connectivity index (χ3v) is 5.68. The van der Waals surface area contributed by atoms with Gasteiger partial charge >= 0.3 is 0 Å². The maximum absolute atomic E-state index is 13.5. The Morgan fingerprint density at radius 1 is 1.16 bits per heavy atom. The number of thiophene rings is 1. The molecule has 5 nitrogen and oxygen atoms in total. The van der Waals surface area contributed by atoms with Crippen molar-refractivity contribution in [2.24, 2.45) is 0 Å². The van der Waals surface area contributed by atoms with E-state index < -0.39 is 5.95 Å². The minimum Gasteiger partial charge on any atom is -0.353 e. The molecule has 1 fully saturated rings. The van der Waals surface area contributed by atoms with Crippen LogP contribution in [0.5, 0.6) is 0 Å². The summed E-state index contributed by atoms with van der Waals surface area (Å²) in [6.45, 7) is 9.00. The molecule has 0 N–H and O–H groups in total. The van der Waals surface area contributed by atoms with Crippen molar-refractivity contribution < 1.29 is 4.39 Å². The molecule has 0 amide bonds. The van der Waals surface area contributed by atoms with Crippen LogP contribution in [0.25, 0.3) is 21.3 Å². The fourth-order valence-corrected chi connectivity index (χ4v) is 4.20. The Balaban J connectivity index is 1.78. The molecule has 7 heteroatoms. The van der Waals surface area contributed by atoms with Crippen molar-refractivity contribution in [1.82, 2.24) is 19.9 Å². The lowest BCUT2D eigenvalue weighted by molar-refractivity contribution is 0.271. The maximum Gasteiger partial charge on any atom is 0.215 e. The average Bonchev–Trinajstić information content (AvgIpc) is 3.08. The van der Waals surface area contributed by atoms with E-state index in [0.717, 1.165) is 59.9 Å². The molecule has 3 aromatic heterocycles. The molecule has 0 aromatic carbocycles. The Kier molecular flexibility index (Phi) is 4.35. The van der Waals surface area contributed by atoms with Crippen LogP contribution in [-0.2, 0) is 0 Å². The van der Waals surface area contributed by atoms with Crippen LogP contribution in [0.3, 0.4) is 0 Å². The molecule has 0 radical (unpaired) electrons. The van der Waals surface area contributed by atoms with E-state index in [1.807, 2.05) is 6.07 Å². The SMILES string of the molecule is CCN1CCN(c2ncnc3scc(-c4cnc(F)c(C)c4)c23)CC1. The molecule has 1 aliphatic heterocycles. The third kappa shape index (κ3) is 2.98. The molecule has 0 saturated carbocycles. The number of piperazine rings is 1. The van der Waals surface area contributed by atoms with E-state index in [4.69, 9.17) is 0 Å². The second-order valence-electron chi connectivity index (χ2n) is 6.28. The number of rotatable bonds is 3. The molecular formula is C18H20FN5S. The molecule has 3 aromatic rings. The first-order valence-corrected chi connectivity index (χ1v) is 9.37. The highest BCUT2D eigenvalue weighted by molar-refractivity contribution is 7.17. The summed E-state index contributed by atoms with van der Waals surface area (Å²) in [5.41, 5.74) is 2.49. The highest BCUT2D eigenvalue weighted by Gasteiger charge is 2.22. The Labute approximate surface area is 150 Å². The summed E-state index contributed by atoms with van der Waals surface area (Å²) in [6, 6.07) is 1.84. The third-order valence-electron chi connectivity index (χ3n) is 4.79. The maximum atomic E-state index is 13.5. The topological polar surface area (TPSA) is 45.2 Å². The van der Waals surface area contributed by atoms with Gasteiger partial charge in [-0.2, -0.15) is 4.39 Å². The highest BCUT2D eigenvalue weighted by Crippen LogP contribution is 2.38. The molecule has 130 valence electrons. The summed E-state index contributed by atoms with van der Waals surface area (Å²) in [4.78, 5) is 18.6. The monoisotopic (exact) mass is 357 g/mol. The fourth-order valence-electron chi connectivity index (χ4n) is 3.29. The van der Waals surface area contributed by atoms with Gasteiger partial charge in [0.05, 0.1) is 5.39 Å². The number of aryl methyl sites for hydroxylation is 1. The largest absolute Gasteiger partial charge is 0.353 e. The van der Waals surface area contributed by atoms with E-state index in [1.165, 1.54) is 0 Å². The first-order chi connectivity index (χ1) is 12.2. The zero-order valence-electron chi connectivity index (χ0n) is 14.4. The van der Waals surface area contributed by atoms with Crippen LogP contribution in [0.15, 0.2) is 24.0 Å². The minimum atomic E-state index is -0.421. The van der Waals surface area contributed by atoms with Gasteiger partial charge < -0.3 is 9.80 Å². The van der Waals surface area contributed by atoms with Gasteiger partial charge in [0.15, 0.2) is 0 Å². The van der Waals surface area contributed by atoms with E-state index in [0.29, 0.717) is 5.56 Å². The summed E-state index contributed by atoms with van der Waals surface area (Å²) in [7, 11) is 0. The second-order valence-corrected chi connectivity index (χ2v) is 7.14. The molecule has 0 bridgehead atoms. The zero-order chi connectivity index (χ0) is 17.4. The molecule has 0 atom stereocenters. The lowest BCUT2D eigenvalue weighted by atomic mass is 10.1. The lowest BCUT2D eigenvalue weighted by Crippen LogP contribution is -2.46. The van der Waals surface area contributed by atoms with Crippen LogP contribution >= 0.6 is 11.3 Å². The predicted molar refractivity (Wildman–Crippen MR) is 99.7 cm³/mol. The standard InChI is InChI=1S/C18H20FN5S/c1-3-23-4-6-24(7-5-23)17-15-14(10-25-18(15)22-11-21-17)13-8-12(2)16(19)20-9-13/h8-11H,3-7H2,1-2H3. The Hall–Kier alpha value is -2.12. The highest BCUT2D eigenvalue weighted by atomic mass is 32.1. The molecule has 0 aliphatic carbocycles. The van der Waals surface area contributed by atoms with Crippen molar-refractivity contribution in [2.45, 2.75) is 13.8 Å². The van der Waals surface area contributed by atoms with Gasteiger partial charge in [-0.3, -0.25) is 0 Å². The first-order valence-electron chi connectivity index (χ1n) is 8.49. The van der Waals surface area contributed by atoms with E-state index in [9.17, 15) is 4.39 Å². The van der Waals surface area contributed by atoms with Gasteiger partial charge in [0.25, 0.3) is 0 Å². The average molecular weight is 357 g/mol. The van der Waals surface area contributed by atoms with Crippen molar-refractivity contribution in [3.8, 4) is 11.1 Å². The molecule has 0 unspecified atom stereocenters. The van der Waals surface area contributed by atoms with Gasteiger partial charge in [0.1, 0.15) is 17.0 Å². The van der Waals surface area contributed by atoms with Crippen molar-refractivity contribution in [1.29, 1.82) is 0 Å². The zero-order valence-corrected chi connectivity index (χ0v) is 15.2. The van der Waals surface area contributed by atoms with Crippen LogP contribution in [0, 0.1) is 12.9 Å². The van der Waals surface area contributed by atoms with E-state index >= 15 is 0 Å². The van der Waals surface area contributed by atoms with Gasteiger partial charge in [0, 0.05) is 54.4 Å². The van der Waals surface area contributed by atoms with Gasteiger partial charge in [-0.15, -0.1) is 11.3 Å². The molecule has 1 aliphatic rings.